The molecule has 2 unspecified atom stereocenters. The lowest BCUT2D eigenvalue weighted by Crippen LogP contribution is -2.62. The molecule has 1 aromatic rings. The van der Waals surface area contributed by atoms with Gasteiger partial charge >= 0.3 is 0 Å². The SMILES string of the molecule is CC1(C2CC2)CN(C2CCCC2)C(c2ccccc2)CN1. The molecule has 2 saturated carbocycles. The minimum Gasteiger partial charge on any atom is -0.308 e. The van der Waals surface area contributed by atoms with Crippen LogP contribution in [0, 0.1) is 5.92 Å². The summed E-state index contributed by atoms with van der Waals surface area (Å²) in [5.41, 5.74) is 1.85. The number of nitrogens with one attached hydrogen (secondary N) is 1. The van der Waals surface area contributed by atoms with E-state index in [0.717, 1.165) is 18.5 Å². The third-order valence-electron chi connectivity index (χ3n) is 6.07. The molecule has 0 spiro atoms. The van der Waals surface area contributed by atoms with Gasteiger partial charge in [0.1, 0.15) is 0 Å². The summed E-state index contributed by atoms with van der Waals surface area (Å²) in [5.74, 6) is 0.915. The summed E-state index contributed by atoms with van der Waals surface area (Å²) in [4.78, 5) is 2.86. The van der Waals surface area contributed by atoms with Gasteiger partial charge in [0.2, 0.25) is 0 Å². The van der Waals surface area contributed by atoms with Crippen molar-refractivity contribution in [1.82, 2.24) is 10.2 Å². The molecule has 4 rings (SSSR count). The highest BCUT2D eigenvalue weighted by molar-refractivity contribution is 5.22. The minimum absolute atomic E-state index is 0.355. The number of benzene rings is 1. The molecule has 0 bridgehead atoms. The van der Waals surface area contributed by atoms with Crippen LogP contribution >= 0.6 is 0 Å². The van der Waals surface area contributed by atoms with E-state index in [1.807, 2.05) is 0 Å². The Labute approximate surface area is 128 Å². The maximum Gasteiger partial charge on any atom is 0.0476 e. The van der Waals surface area contributed by atoms with Crippen molar-refractivity contribution in [2.75, 3.05) is 13.1 Å². The predicted octanol–water partition coefficient (Wildman–Crippen LogP) is 3.74. The van der Waals surface area contributed by atoms with E-state index in [9.17, 15) is 0 Å². The van der Waals surface area contributed by atoms with Crippen LogP contribution in [0.25, 0.3) is 0 Å². The van der Waals surface area contributed by atoms with Crippen molar-refractivity contribution in [3.8, 4) is 0 Å². The first kappa shape index (κ1) is 13.8. The molecule has 3 fully saturated rings. The van der Waals surface area contributed by atoms with Gasteiger partial charge in [0, 0.05) is 30.7 Å². The molecule has 1 saturated heterocycles. The summed E-state index contributed by atoms with van der Waals surface area (Å²) in [7, 11) is 0. The Hall–Kier alpha value is -0.860. The smallest absolute Gasteiger partial charge is 0.0476 e. The Bertz CT molecular complexity index is 476. The van der Waals surface area contributed by atoms with Crippen molar-refractivity contribution >= 4 is 0 Å². The number of hydrogen-bond acceptors (Lipinski definition) is 2. The van der Waals surface area contributed by atoms with Gasteiger partial charge in [0.25, 0.3) is 0 Å². The molecule has 3 aliphatic rings. The van der Waals surface area contributed by atoms with Gasteiger partial charge in [-0.25, -0.2) is 0 Å². The van der Waals surface area contributed by atoms with Crippen molar-refractivity contribution < 1.29 is 0 Å². The average molecular weight is 284 g/mol. The highest BCUT2D eigenvalue weighted by Crippen LogP contribution is 2.44. The number of rotatable bonds is 3. The highest BCUT2D eigenvalue weighted by atomic mass is 15.3. The Balaban J connectivity index is 1.60. The van der Waals surface area contributed by atoms with E-state index in [1.165, 1.54) is 50.6 Å². The molecule has 21 heavy (non-hydrogen) atoms. The standard InChI is InChI=1S/C19H28N2/c1-19(16-11-12-16)14-21(17-9-5-6-10-17)18(13-20-19)15-7-3-2-4-8-15/h2-4,7-8,16-18,20H,5-6,9-14H2,1H3. The summed E-state index contributed by atoms with van der Waals surface area (Å²) in [6.45, 7) is 4.82. The first-order valence-corrected chi connectivity index (χ1v) is 8.82. The summed E-state index contributed by atoms with van der Waals surface area (Å²) >= 11 is 0. The topological polar surface area (TPSA) is 15.3 Å². The number of piperazine rings is 1. The molecule has 1 aromatic carbocycles. The minimum atomic E-state index is 0.355. The molecule has 2 atom stereocenters. The lowest BCUT2D eigenvalue weighted by atomic mass is 9.88. The van der Waals surface area contributed by atoms with E-state index in [0.29, 0.717) is 11.6 Å². The fraction of sp³-hybridized carbons (Fsp3) is 0.684. The maximum atomic E-state index is 3.92. The quantitative estimate of drug-likeness (QED) is 0.909. The van der Waals surface area contributed by atoms with Gasteiger partial charge in [0.15, 0.2) is 0 Å². The molecule has 2 aliphatic carbocycles. The lowest BCUT2D eigenvalue weighted by molar-refractivity contribution is 0.0395. The van der Waals surface area contributed by atoms with Crippen molar-refractivity contribution in [1.29, 1.82) is 0 Å². The Morgan fingerprint density at radius 3 is 2.43 bits per heavy atom. The molecule has 1 heterocycles. The van der Waals surface area contributed by atoms with Crippen LogP contribution in [0.2, 0.25) is 0 Å². The van der Waals surface area contributed by atoms with Gasteiger partial charge in [-0.2, -0.15) is 0 Å². The third kappa shape index (κ3) is 2.64. The average Bonchev–Trinajstić information content (AvgIpc) is 3.25. The van der Waals surface area contributed by atoms with Crippen LogP contribution < -0.4 is 5.32 Å². The zero-order chi connectivity index (χ0) is 14.3. The number of hydrogen-bond donors (Lipinski definition) is 1. The molecule has 0 aromatic heterocycles. The van der Waals surface area contributed by atoms with E-state index in [-0.39, 0.29) is 0 Å². The summed E-state index contributed by atoms with van der Waals surface area (Å²) in [6, 6.07) is 12.5. The van der Waals surface area contributed by atoms with E-state index < -0.39 is 0 Å². The molecule has 1 aliphatic heterocycles. The van der Waals surface area contributed by atoms with Gasteiger partial charge in [-0.05, 0) is 44.1 Å². The van der Waals surface area contributed by atoms with Crippen molar-refractivity contribution in [3.63, 3.8) is 0 Å². The van der Waals surface area contributed by atoms with Crippen molar-refractivity contribution in [2.24, 2.45) is 5.92 Å². The van der Waals surface area contributed by atoms with Gasteiger partial charge in [-0.15, -0.1) is 0 Å². The van der Waals surface area contributed by atoms with Crippen LogP contribution in [0.4, 0.5) is 0 Å². The largest absolute Gasteiger partial charge is 0.308 e. The van der Waals surface area contributed by atoms with Gasteiger partial charge < -0.3 is 5.32 Å². The van der Waals surface area contributed by atoms with Crippen LogP contribution in [0.5, 0.6) is 0 Å². The second-order valence-electron chi connectivity index (χ2n) is 7.61. The molecule has 0 radical (unpaired) electrons. The monoisotopic (exact) mass is 284 g/mol. The Morgan fingerprint density at radius 1 is 1.05 bits per heavy atom. The van der Waals surface area contributed by atoms with E-state index in [1.54, 1.807) is 0 Å². The summed E-state index contributed by atoms with van der Waals surface area (Å²) in [6.07, 6.45) is 8.52. The third-order valence-corrected chi connectivity index (χ3v) is 6.07. The first-order chi connectivity index (χ1) is 10.3. The zero-order valence-corrected chi connectivity index (χ0v) is 13.2. The van der Waals surface area contributed by atoms with Crippen LogP contribution in [0.15, 0.2) is 30.3 Å². The normalized spacial score (nSPS) is 35.2. The van der Waals surface area contributed by atoms with Gasteiger partial charge in [-0.3, -0.25) is 4.90 Å². The fourth-order valence-corrected chi connectivity index (χ4v) is 4.59. The number of nitrogens with zero attached hydrogens (tertiary/aromatic N) is 1. The molecule has 2 heteroatoms. The first-order valence-electron chi connectivity index (χ1n) is 8.82. The van der Waals surface area contributed by atoms with Crippen molar-refractivity contribution in [3.05, 3.63) is 35.9 Å². The fourth-order valence-electron chi connectivity index (χ4n) is 4.59. The molecule has 114 valence electrons. The summed E-state index contributed by atoms with van der Waals surface area (Å²) in [5, 5.41) is 3.92. The zero-order valence-electron chi connectivity index (χ0n) is 13.2. The van der Waals surface area contributed by atoms with E-state index in [2.05, 4.69) is 47.5 Å². The van der Waals surface area contributed by atoms with Crippen LogP contribution in [-0.4, -0.2) is 29.6 Å². The molecule has 2 nitrogen and oxygen atoms in total. The van der Waals surface area contributed by atoms with Crippen LogP contribution in [0.1, 0.15) is 57.1 Å². The van der Waals surface area contributed by atoms with Crippen LogP contribution in [0.3, 0.4) is 0 Å². The second-order valence-corrected chi connectivity index (χ2v) is 7.61. The molecule has 1 N–H and O–H groups in total. The molecular weight excluding hydrogens is 256 g/mol. The summed E-state index contributed by atoms with van der Waals surface area (Å²) < 4.78 is 0. The maximum absolute atomic E-state index is 3.92. The van der Waals surface area contributed by atoms with Gasteiger partial charge in [-0.1, -0.05) is 43.2 Å². The predicted molar refractivity (Wildman–Crippen MR) is 87.3 cm³/mol. The molecular formula is C19H28N2. The lowest BCUT2D eigenvalue weighted by Gasteiger charge is -2.49. The Kier molecular flexibility index (Phi) is 3.55. The van der Waals surface area contributed by atoms with E-state index in [4.69, 9.17) is 0 Å². The second kappa shape index (κ2) is 5.40. The van der Waals surface area contributed by atoms with Gasteiger partial charge in [0.05, 0.1) is 0 Å². The Morgan fingerprint density at radius 2 is 1.76 bits per heavy atom. The van der Waals surface area contributed by atoms with Crippen LogP contribution in [-0.2, 0) is 0 Å². The van der Waals surface area contributed by atoms with E-state index >= 15 is 0 Å². The molecule has 0 amide bonds. The van der Waals surface area contributed by atoms with Crippen molar-refractivity contribution in [2.45, 2.75) is 63.1 Å². The highest BCUT2D eigenvalue weighted by Gasteiger charge is 2.47.